The van der Waals surface area contributed by atoms with Gasteiger partial charge in [-0.3, -0.25) is 4.79 Å². The molecule has 0 radical (unpaired) electrons. The second kappa shape index (κ2) is 3.47. The van der Waals surface area contributed by atoms with E-state index < -0.39 is 0 Å². The Morgan fingerprint density at radius 3 is 2.38 bits per heavy atom. The lowest BCUT2D eigenvalue weighted by Gasteiger charge is -2.00. The van der Waals surface area contributed by atoms with Crippen LogP contribution in [-0.4, -0.2) is 13.0 Å². The Morgan fingerprint density at radius 1 is 1.75 bits per heavy atom. The molecule has 0 atom stereocenters. The van der Waals surface area contributed by atoms with Crippen molar-refractivity contribution < 1.29 is 6.22 Å². The molecule has 0 aromatic carbocycles. The van der Waals surface area contributed by atoms with Crippen LogP contribution in [0.2, 0.25) is 0 Å². The fraction of sp³-hybridized carbons (Fsp3) is 0.833. The third-order valence-corrected chi connectivity index (χ3v) is 0.872. The zero-order valence-electron chi connectivity index (χ0n) is 5.69. The third-order valence-electron chi connectivity index (χ3n) is 0.872. The van der Waals surface area contributed by atoms with Crippen LogP contribution >= 0.6 is 0 Å². The van der Waals surface area contributed by atoms with E-state index in [1.807, 2.05) is 13.8 Å². The highest BCUT2D eigenvalue weighted by atomic mass is 16.1. The monoisotopic (exact) mass is 117 g/mol. The molecule has 0 fully saturated rings. The van der Waals surface area contributed by atoms with Gasteiger partial charge < -0.3 is 5.32 Å². The van der Waals surface area contributed by atoms with Gasteiger partial charge in [-0.15, -0.1) is 0 Å². The van der Waals surface area contributed by atoms with Crippen molar-refractivity contribution in [2.75, 3.05) is 7.05 Å². The smallest absolute Gasteiger partial charge is 0.219 e. The molecule has 1 N–H and O–H groups in total. The van der Waals surface area contributed by atoms with Gasteiger partial charge >= 0.3 is 0 Å². The Morgan fingerprint density at radius 2 is 2.25 bits per heavy atom. The van der Waals surface area contributed by atoms with E-state index >= 15 is 0 Å². The summed E-state index contributed by atoms with van der Waals surface area (Å²) in [6, 6.07) is 0. The van der Waals surface area contributed by atoms with Gasteiger partial charge in [-0.2, -0.15) is 0 Å². The first-order valence-corrected chi connectivity index (χ1v) is 2.87. The summed E-state index contributed by atoms with van der Waals surface area (Å²) in [4.78, 5) is 10.5. The van der Waals surface area contributed by atoms with Gasteiger partial charge in [-0.25, -0.2) is 0 Å². The number of nitrogens with one attached hydrogen (secondary N) is 1. The molecule has 1 amide bonds. The van der Waals surface area contributed by atoms with Crippen LogP contribution in [0.3, 0.4) is 0 Å². The number of amides is 1. The lowest BCUT2D eigenvalue weighted by molar-refractivity contribution is -0.121. The SMILES string of the molecule is CNC(=O)CC(C)C.[HH]. The van der Waals surface area contributed by atoms with Crippen LogP contribution in [0.5, 0.6) is 0 Å². The Kier molecular flexibility index (Phi) is 3.24. The molecule has 0 aliphatic heterocycles. The fourth-order valence-electron chi connectivity index (χ4n) is 0.473. The first kappa shape index (κ1) is 7.47. The van der Waals surface area contributed by atoms with Crippen molar-refractivity contribution in [2.24, 2.45) is 5.92 Å². The van der Waals surface area contributed by atoms with Crippen LogP contribution in [0.4, 0.5) is 0 Å². The molecule has 0 aromatic rings. The fourth-order valence-corrected chi connectivity index (χ4v) is 0.473. The summed E-state index contributed by atoms with van der Waals surface area (Å²) >= 11 is 0. The molecule has 0 heterocycles. The number of rotatable bonds is 2. The molecular weight excluding hydrogens is 102 g/mol. The number of hydrogen-bond donors (Lipinski definition) is 1. The van der Waals surface area contributed by atoms with Gasteiger partial charge in [0.25, 0.3) is 0 Å². The Balaban J connectivity index is 0. The molecule has 0 rings (SSSR count). The second-order valence-corrected chi connectivity index (χ2v) is 2.27. The minimum Gasteiger partial charge on any atom is -0.359 e. The van der Waals surface area contributed by atoms with Gasteiger partial charge in [0.15, 0.2) is 0 Å². The lowest BCUT2D eigenvalue weighted by atomic mass is 10.1. The van der Waals surface area contributed by atoms with E-state index in [9.17, 15) is 4.79 Å². The average Bonchev–Trinajstić information content (AvgIpc) is 1.65. The summed E-state index contributed by atoms with van der Waals surface area (Å²) < 4.78 is 0. The van der Waals surface area contributed by atoms with Crippen molar-refractivity contribution >= 4 is 5.91 Å². The highest BCUT2D eigenvalue weighted by molar-refractivity contribution is 5.75. The first-order chi connectivity index (χ1) is 3.66. The van der Waals surface area contributed by atoms with Crippen molar-refractivity contribution in [3.8, 4) is 0 Å². The maximum absolute atomic E-state index is 10.5. The van der Waals surface area contributed by atoms with Gasteiger partial charge in [-0.1, -0.05) is 13.8 Å². The molecule has 0 aliphatic carbocycles. The summed E-state index contributed by atoms with van der Waals surface area (Å²) in [5.74, 6) is 0.593. The summed E-state index contributed by atoms with van der Waals surface area (Å²) in [7, 11) is 1.66. The summed E-state index contributed by atoms with van der Waals surface area (Å²) in [6.45, 7) is 4.05. The third kappa shape index (κ3) is 3.65. The molecule has 2 nitrogen and oxygen atoms in total. The van der Waals surface area contributed by atoms with Crippen molar-refractivity contribution in [2.45, 2.75) is 20.3 Å². The second-order valence-electron chi connectivity index (χ2n) is 2.27. The predicted octanol–water partition coefficient (Wildman–Crippen LogP) is 1.02. The van der Waals surface area contributed by atoms with Crippen molar-refractivity contribution in [1.82, 2.24) is 5.32 Å². The molecule has 0 saturated carbocycles. The van der Waals surface area contributed by atoms with E-state index in [1.54, 1.807) is 7.05 Å². The summed E-state index contributed by atoms with van der Waals surface area (Å²) in [6.07, 6.45) is 0.635. The number of carbonyl (C=O) groups excluding carboxylic acids is 1. The predicted molar refractivity (Wildman–Crippen MR) is 35.6 cm³/mol. The van der Waals surface area contributed by atoms with Crippen molar-refractivity contribution in [3.05, 3.63) is 0 Å². The molecule has 0 saturated heterocycles. The Labute approximate surface area is 51.8 Å². The molecule has 50 valence electrons. The van der Waals surface area contributed by atoms with E-state index in [0.717, 1.165) is 0 Å². The maximum atomic E-state index is 10.5. The van der Waals surface area contributed by atoms with Crippen LogP contribution in [-0.2, 0) is 4.79 Å². The molecule has 8 heavy (non-hydrogen) atoms. The zero-order valence-corrected chi connectivity index (χ0v) is 5.69. The highest BCUT2D eigenvalue weighted by Crippen LogP contribution is 1.96. The minimum absolute atomic E-state index is 0. The standard InChI is InChI=1S/C6H13NO.H2/c1-5(2)4-6(8)7-3;/h5H,4H2,1-3H3,(H,7,8);1H. The molecule has 2 heteroatoms. The van der Waals surface area contributed by atoms with E-state index in [4.69, 9.17) is 0 Å². The van der Waals surface area contributed by atoms with Crippen LogP contribution in [0.25, 0.3) is 0 Å². The highest BCUT2D eigenvalue weighted by Gasteiger charge is 1.99. The Bertz CT molecular complexity index is 83.1. The first-order valence-electron chi connectivity index (χ1n) is 2.87. The van der Waals surface area contributed by atoms with Crippen molar-refractivity contribution in [1.29, 1.82) is 0 Å². The van der Waals surface area contributed by atoms with Crippen LogP contribution in [0.15, 0.2) is 0 Å². The normalized spacial score (nSPS) is 9.50. The van der Waals surface area contributed by atoms with E-state index in [1.165, 1.54) is 0 Å². The van der Waals surface area contributed by atoms with Gasteiger partial charge in [0.2, 0.25) is 5.91 Å². The largest absolute Gasteiger partial charge is 0.359 e. The van der Waals surface area contributed by atoms with E-state index in [-0.39, 0.29) is 7.33 Å². The average molecular weight is 117 g/mol. The summed E-state index contributed by atoms with van der Waals surface area (Å²) in [5.41, 5.74) is 0. The molecule has 0 aliphatic rings. The van der Waals surface area contributed by atoms with Gasteiger partial charge in [-0.05, 0) is 5.92 Å². The van der Waals surface area contributed by atoms with E-state index in [0.29, 0.717) is 12.3 Å². The van der Waals surface area contributed by atoms with Crippen LogP contribution in [0, 0.1) is 5.92 Å². The van der Waals surface area contributed by atoms with Crippen LogP contribution in [0.1, 0.15) is 21.7 Å². The number of carbonyl (C=O) groups is 1. The van der Waals surface area contributed by atoms with Gasteiger partial charge in [0.1, 0.15) is 0 Å². The molecule has 0 unspecified atom stereocenters. The minimum atomic E-state index is 0. The van der Waals surface area contributed by atoms with Gasteiger partial charge in [0.05, 0.1) is 0 Å². The zero-order chi connectivity index (χ0) is 6.57. The topological polar surface area (TPSA) is 29.1 Å². The summed E-state index contributed by atoms with van der Waals surface area (Å²) in [5, 5.41) is 2.56. The maximum Gasteiger partial charge on any atom is 0.219 e. The van der Waals surface area contributed by atoms with Crippen molar-refractivity contribution in [3.63, 3.8) is 0 Å². The Hall–Kier alpha value is -0.530. The van der Waals surface area contributed by atoms with Crippen LogP contribution < -0.4 is 5.32 Å². The van der Waals surface area contributed by atoms with Gasteiger partial charge in [0, 0.05) is 14.9 Å². The number of hydrogen-bond acceptors (Lipinski definition) is 1. The lowest BCUT2D eigenvalue weighted by Crippen LogP contribution is -2.19. The molecule has 0 bridgehead atoms. The molecule has 0 aromatic heterocycles. The molecule has 0 spiro atoms. The van der Waals surface area contributed by atoms with E-state index in [2.05, 4.69) is 5.32 Å². The molecular formula is C6H15NO. The quantitative estimate of drug-likeness (QED) is 0.575.